The van der Waals surface area contributed by atoms with Crippen LogP contribution in [0.2, 0.25) is 0 Å². The molecule has 1 atom stereocenters. The normalized spacial score (nSPS) is 11.8. The maximum absolute atomic E-state index is 10.9. The van der Waals surface area contributed by atoms with E-state index in [1.165, 1.54) is 13.3 Å². The molecule has 7 heteroatoms. The van der Waals surface area contributed by atoms with Gasteiger partial charge >= 0.3 is 5.97 Å². The van der Waals surface area contributed by atoms with E-state index in [4.69, 9.17) is 5.11 Å². The van der Waals surface area contributed by atoms with Crippen molar-refractivity contribution >= 4 is 18.2 Å². The summed E-state index contributed by atoms with van der Waals surface area (Å²) in [7, 11) is 0. The van der Waals surface area contributed by atoms with Crippen molar-refractivity contribution in [3.63, 3.8) is 0 Å². The van der Waals surface area contributed by atoms with Gasteiger partial charge in [0.15, 0.2) is 0 Å². The van der Waals surface area contributed by atoms with E-state index in [0.717, 1.165) is 6.29 Å². The number of aldehydes is 1. The number of amides is 1. The second-order valence-electron chi connectivity index (χ2n) is 3.85. The van der Waals surface area contributed by atoms with E-state index in [9.17, 15) is 14.4 Å². The molecule has 0 aromatic carbocycles. The minimum atomic E-state index is -1.10. The van der Waals surface area contributed by atoms with Gasteiger partial charge in [-0.05, 0) is 0 Å². The molecular weight excluding hydrogens is 238 g/mol. The predicted octanol–water partition coefficient (Wildman–Crippen LogP) is -0.396. The van der Waals surface area contributed by atoms with Crippen molar-refractivity contribution in [3.8, 4) is 0 Å². The monoisotopic (exact) mass is 253 g/mol. The molecule has 0 aliphatic heterocycles. The van der Waals surface area contributed by atoms with Crippen molar-refractivity contribution in [1.29, 1.82) is 0 Å². The van der Waals surface area contributed by atoms with Crippen molar-refractivity contribution in [2.45, 2.75) is 32.4 Å². The van der Waals surface area contributed by atoms with Gasteiger partial charge in [0.25, 0.3) is 0 Å². The highest BCUT2D eigenvalue weighted by atomic mass is 16.4. The van der Waals surface area contributed by atoms with Crippen molar-refractivity contribution in [2.75, 3.05) is 0 Å². The Morgan fingerprint density at radius 1 is 1.61 bits per heavy atom. The Balaban J connectivity index is 2.63. The smallest absolute Gasteiger partial charge is 0.326 e. The van der Waals surface area contributed by atoms with E-state index < -0.39 is 17.9 Å². The molecule has 98 valence electrons. The maximum atomic E-state index is 10.9. The van der Waals surface area contributed by atoms with Crippen LogP contribution in [-0.2, 0) is 27.3 Å². The van der Waals surface area contributed by atoms with Crippen LogP contribution in [0.3, 0.4) is 0 Å². The highest BCUT2D eigenvalue weighted by Gasteiger charge is 2.19. The minimum absolute atomic E-state index is 0.114. The Morgan fingerprint density at radius 2 is 2.33 bits per heavy atom. The number of nitrogens with one attached hydrogen (secondary N) is 1. The summed E-state index contributed by atoms with van der Waals surface area (Å²) < 4.78 is 1.70. The third-order valence-electron chi connectivity index (χ3n) is 2.28. The van der Waals surface area contributed by atoms with Crippen molar-refractivity contribution in [1.82, 2.24) is 14.9 Å². The minimum Gasteiger partial charge on any atom is -0.480 e. The Bertz CT molecular complexity index is 441. The van der Waals surface area contributed by atoms with Crippen molar-refractivity contribution in [3.05, 3.63) is 18.2 Å². The fourth-order valence-electron chi connectivity index (χ4n) is 1.49. The average molecular weight is 253 g/mol. The zero-order valence-electron chi connectivity index (χ0n) is 10.00. The van der Waals surface area contributed by atoms with Crippen LogP contribution < -0.4 is 5.32 Å². The number of aromatic nitrogens is 2. The number of hydrogen-bond donors (Lipinski definition) is 2. The summed E-state index contributed by atoms with van der Waals surface area (Å²) >= 11 is 0. The van der Waals surface area contributed by atoms with E-state index in [2.05, 4.69) is 10.3 Å². The zero-order chi connectivity index (χ0) is 13.5. The molecule has 1 amide bonds. The summed E-state index contributed by atoms with van der Waals surface area (Å²) in [6.45, 7) is 1.77. The molecular formula is C11H15N3O4. The van der Waals surface area contributed by atoms with E-state index in [1.54, 1.807) is 10.8 Å². The molecule has 0 spiro atoms. The van der Waals surface area contributed by atoms with E-state index in [1.807, 2.05) is 0 Å². The second-order valence-corrected chi connectivity index (χ2v) is 3.85. The highest BCUT2D eigenvalue weighted by molar-refractivity contribution is 5.82. The molecule has 1 heterocycles. The molecule has 18 heavy (non-hydrogen) atoms. The van der Waals surface area contributed by atoms with Gasteiger partial charge < -0.3 is 19.8 Å². The quantitative estimate of drug-likeness (QED) is 0.644. The number of nitrogens with zero attached hydrogens (tertiary/aromatic N) is 2. The molecule has 0 fully saturated rings. The fraction of sp³-hybridized carbons (Fsp3) is 0.455. The van der Waals surface area contributed by atoms with Crippen molar-refractivity contribution in [2.24, 2.45) is 0 Å². The van der Waals surface area contributed by atoms with Crippen LogP contribution in [0.1, 0.15) is 19.0 Å². The molecule has 0 saturated carbocycles. The molecule has 0 aliphatic carbocycles. The first kappa shape index (κ1) is 13.9. The lowest BCUT2D eigenvalue weighted by Crippen LogP contribution is -2.41. The fourth-order valence-corrected chi connectivity index (χ4v) is 1.49. The number of imidazole rings is 1. The van der Waals surface area contributed by atoms with Gasteiger partial charge in [-0.15, -0.1) is 0 Å². The van der Waals surface area contributed by atoms with Gasteiger partial charge in [-0.1, -0.05) is 0 Å². The summed E-state index contributed by atoms with van der Waals surface area (Å²) in [5.41, 5.74) is 0.557. The molecule has 0 saturated heterocycles. The van der Waals surface area contributed by atoms with Gasteiger partial charge in [0.1, 0.15) is 12.3 Å². The molecule has 0 bridgehead atoms. The summed E-state index contributed by atoms with van der Waals surface area (Å²) in [6, 6.07) is -0.989. The van der Waals surface area contributed by atoms with Crippen molar-refractivity contribution < 1.29 is 19.5 Å². The lowest BCUT2D eigenvalue weighted by molar-refractivity contribution is -0.141. The second kappa shape index (κ2) is 6.53. The van der Waals surface area contributed by atoms with Crippen LogP contribution in [0, 0.1) is 0 Å². The first-order chi connectivity index (χ1) is 8.52. The van der Waals surface area contributed by atoms with Crippen LogP contribution in [0.15, 0.2) is 12.5 Å². The van der Waals surface area contributed by atoms with Crippen LogP contribution in [0.25, 0.3) is 0 Å². The summed E-state index contributed by atoms with van der Waals surface area (Å²) in [6.07, 6.45) is 4.50. The third-order valence-corrected chi connectivity index (χ3v) is 2.28. The van der Waals surface area contributed by atoms with Crippen LogP contribution in [-0.4, -0.2) is 38.9 Å². The first-order valence-electron chi connectivity index (χ1n) is 5.47. The van der Waals surface area contributed by atoms with E-state index >= 15 is 0 Å². The van der Waals surface area contributed by atoms with E-state index in [0.29, 0.717) is 18.7 Å². The number of carboxylic acid groups (broad SMARTS) is 1. The zero-order valence-corrected chi connectivity index (χ0v) is 10.00. The molecule has 1 aromatic heterocycles. The molecule has 2 N–H and O–H groups in total. The number of carbonyl (C=O) groups excluding carboxylic acids is 2. The number of rotatable bonds is 7. The molecule has 7 nitrogen and oxygen atoms in total. The highest BCUT2D eigenvalue weighted by Crippen LogP contribution is 2.02. The SMILES string of the molecule is CC(=O)NC(Cc1cn(CCC=O)cn1)C(=O)O. The van der Waals surface area contributed by atoms with Gasteiger partial charge in [-0.25, -0.2) is 9.78 Å². The van der Waals surface area contributed by atoms with Crippen LogP contribution >= 0.6 is 0 Å². The van der Waals surface area contributed by atoms with Gasteiger partial charge in [0, 0.05) is 32.5 Å². The number of hydrogen-bond acceptors (Lipinski definition) is 4. The number of aryl methyl sites for hydroxylation is 1. The van der Waals surface area contributed by atoms with Crippen LogP contribution in [0.5, 0.6) is 0 Å². The lowest BCUT2D eigenvalue weighted by atomic mass is 10.1. The first-order valence-corrected chi connectivity index (χ1v) is 5.47. The Morgan fingerprint density at radius 3 is 2.89 bits per heavy atom. The summed E-state index contributed by atoms with van der Waals surface area (Å²) in [5.74, 6) is -1.50. The largest absolute Gasteiger partial charge is 0.480 e. The molecule has 1 rings (SSSR count). The number of carbonyl (C=O) groups is 3. The lowest BCUT2D eigenvalue weighted by Gasteiger charge is -2.11. The third kappa shape index (κ3) is 4.36. The molecule has 1 aromatic rings. The average Bonchev–Trinajstić information content (AvgIpc) is 2.72. The molecule has 1 unspecified atom stereocenters. The number of carboxylic acids is 1. The molecule has 0 aliphatic rings. The Kier molecular flexibility index (Phi) is 5.04. The van der Waals surface area contributed by atoms with Gasteiger partial charge in [0.2, 0.25) is 5.91 Å². The maximum Gasteiger partial charge on any atom is 0.326 e. The summed E-state index contributed by atoms with van der Waals surface area (Å²) in [4.78, 5) is 36.0. The Hall–Kier alpha value is -2.18. The predicted molar refractivity (Wildman–Crippen MR) is 61.9 cm³/mol. The number of aliphatic carboxylic acids is 1. The van der Waals surface area contributed by atoms with Gasteiger partial charge in [0.05, 0.1) is 12.0 Å². The van der Waals surface area contributed by atoms with Gasteiger partial charge in [-0.3, -0.25) is 4.79 Å². The Labute approximate surface area is 104 Å². The standard InChI is InChI=1S/C11H15N3O4/c1-8(16)13-10(11(17)18)5-9-6-14(7-12-9)3-2-4-15/h4,6-7,10H,2-3,5H2,1H3,(H,13,16)(H,17,18). The van der Waals surface area contributed by atoms with Crippen LogP contribution in [0.4, 0.5) is 0 Å². The topological polar surface area (TPSA) is 101 Å². The summed E-state index contributed by atoms with van der Waals surface area (Å²) in [5, 5.41) is 11.3. The van der Waals surface area contributed by atoms with E-state index in [-0.39, 0.29) is 6.42 Å². The van der Waals surface area contributed by atoms with Gasteiger partial charge in [-0.2, -0.15) is 0 Å². The molecule has 0 radical (unpaired) electrons.